The van der Waals surface area contributed by atoms with E-state index in [1.54, 1.807) is 0 Å². The summed E-state index contributed by atoms with van der Waals surface area (Å²) in [7, 11) is 1.35. The standard InChI is InChI=1S/C18H12ClF3N2O4S/c1-27-14-8-9(6-12(19)15(14)25)7-13-16(26)24(17(29)23-13)10-2-4-11(5-3-10)28-18(20,21)22/h2-8,25H,1H3,(H,23,29)/b13-7-. The fourth-order valence-corrected chi connectivity index (χ4v) is 3.08. The molecule has 1 fully saturated rings. The summed E-state index contributed by atoms with van der Waals surface area (Å²) >= 11 is 11.1. The van der Waals surface area contributed by atoms with Crippen molar-refractivity contribution in [1.29, 1.82) is 0 Å². The van der Waals surface area contributed by atoms with Crippen molar-refractivity contribution in [1.82, 2.24) is 5.32 Å². The Balaban J connectivity index is 1.87. The third-order valence-electron chi connectivity index (χ3n) is 3.79. The molecule has 1 amide bonds. The van der Waals surface area contributed by atoms with Crippen molar-refractivity contribution in [2.45, 2.75) is 6.36 Å². The van der Waals surface area contributed by atoms with E-state index >= 15 is 0 Å². The van der Waals surface area contributed by atoms with Gasteiger partial charge in [-0.15, -0.1) is 13.2 Å². The van der Waals surface area contributed by atoms with Crippen LogP contribution in [0.2, 0.25) is 5.02 Å². The number of halogens is 4. The van der Waals surface area contributed by atoms with E-state index in [0.29, 0.717) is 5.56 Å². The van der Waals surface area contributed by atoms with Crippen LogP contribution in [0.3, 0.4) is 0 Å². The van der Waals surface area contributed by atoms with Crippen molar-refractivity contribution < 1.29 is 32.5 Å². The van der Waals surface area contributed by atoms with Crippen LogP contribution in [0, 0.1) is 0 Å². The largest absolute Gasteiger partial charge is 0.573 e. The number of nitrogens with zero attached hydrogens (tertiary/aromatic N) is 1. The number of hydrogen-bond acceptors (Lipinski definition) is 5. The van der Waals surface area contributed by atoms with Gasteiger partial charge in [-0.05, 0) is 60.3 Å². The molecule has 0 unspecified atom stereocenters. The summed E-state index contributed by atoms with van der Waals surface area (Å²) in [5.41, 5.74) is 0.820. The number of ether oxygens (including phenoxy) is 2. The second-order valence-corrected chi connectivity index (χ2v) is 6.52. The second-order valence-electron chi connectivity index (χ2n) is 5.72. The number of amides is 1. The number of methoxy groups -OCH3 is 1. The molecule has 0 radical (unpaired) electrons. The first-order chi connectivity index (χ1) is 13.6. The Morgan fingerprint density at radius 3 is 2.48 bits per heavy atom. The van der Waals surface area contributed by atoms with Crippen molar-refractivity contribution in [3.8, 4) is 17.2 Å². The van der Waals surface area contributed by atoms with E-state index in [0.717, 1.165) is 17.0 Å². The average molecular weight is 445 g/mol. The molecule has 1 aliphatic heterocycles. The van der Waals surface area contributed by atoms with E-state index < -0.39 is 18.0 Å². The number of alkyl halides is 3. The molecule has 1 heterocycles. The summed E-state index contributed by atoms with van der Waals surface area (Å²) < 4.78 is 45.6. The molecule has 3 rings (SSSR count). The number of carbonyl (C=O) groups excluding carboxylic acids is 1. The normalized spacial score (nSPS) is 15.6. The first-order valence-electron chi connectivity index (χ1n) is 7.88. The summed E-state index contributed by atoms with van der Waals surface area (Å²) in [6.45, 7) is 0. The van der Waals surface area contributed by atoms with Gasteiger partial charge in [-0.1, -0.05) is 11.6 Å². The summed E-state index contributed by atoms with van der Waals surface area (Å²) in [5.74, 6) is -1.06. The lowest BCUT2D eigenvalue weighted by Gasteiger charge is -2.15. The molecule has 11 heteroatoms. The summed E-state index contributed by atoms with van der Waals surface area (Å²) in [6.07, 6.45) is -3.37. The number of benzene rings is 2. The molecule has 2 N–H and O–H groups in total. The number of thiocarbonyl (C=S) groups is 1. The first kappa shape index (κ1) is 20.7. The first-order valence-corrected chi connectivity index (χ1v) is 8.67. The van der Waals surface area contributed by atoms with Gasteiger partial charge in [-0.2, -0.15) is 0 Å². The fraction of sp³-hybridized carbons (Fsp3) is 0.111. The van der Waals surface area contributed by atoms with Gasteiger partial charge in [0.25, 0.3) is 5.91 Å². The third-order valence-corrected chi connectivity index (χ3v) is 4.36. The van der Waals surface area contributed by atoms with E-state index in [4.69, 9.17) is 28.6 Å². The Hall–Kier alpha value is -2.98. The zero-order chi connectivity index (χ0) is 21.3. The number of aromatic hydroxyl groups is 1. The third kappa shape index (κ3) is 4.54. The summed E-state index contributed by atoms with van der Waals surface area (Å²) in [4.78, 5) is 13.8. The predicted octanol–water partition coefficient (Wildman–Crippen LogP) is 4.22. The van der Waals surface area contributed by atoms with Crippen LogP contribution in [0.4, 0.5) is 18.9 Å². The van der Waals surface area contributed by atoms with Gasteiger partial charge >= 0.3 is 6.36 Å². The fourth-order valence-electron chi connectivity index (χ4n) is 2.57. The predicted molar refractivity (Wildman–Crippen MR) is 104 cm³/mol. The molecule has 0 saturated carbocycles. The number of carbonyl (C=O) groups is 1. The number of hydrogen-bond donors (Lipinski definition) is 2. The molecular weight excluding hydrogens is 433 g/mol. The maximum absolute atomic E-state index is 12.7. The number of anilines is 1. The van der Waals surface area contributed by atoms with E-state index in [9.17, 15) is 23.1 Å². The molecule has 152 valence electrons. The topological polar surface area (TPSA) is 71.0 Å². The molecule has 0 aromatic heterocycles. The monoisotopic (exact) mass is 444 g/mol. The molecular formula is C18H12ClF3N2O4S. The summed E-state index contributed by atoms with van der Waals surface area (Å²) in [6, 6.07) is 7.59. The zero-order valence-corrected chi connectivity index (χ0v) is 16.2. The van der Waals surface area contributed by atoms with Crippen LogP contribution in [0.5, 0.6) is 17.2 Å². The van der Waals surface area contributed by atoms with Gasteiger partial charge in [0.2, 0.25) is 0 Å². The maximum atomic E-state index is 12.7. The van der Waals surface area contributed by atoms with Gasteiger partial charge < -0.3 is 19.9 Å². The van der Waals surface area contributed by atoms with Crippen LogP contribution in [-0.2, 0) is 4.79 Å². The highest BCUT2D eigenvalue weighted by Crippen LogP contribution is 2.36. The Morgan fingerprint density at radius 2 is 1.90 bits per heavy atom. The minimum atomic E-state index is -4.82. The van der Waals surface area contributed by atoms with Gasteiger partial charge in [-0.3, -0.25) is 9.69 Å². The van der Waals surface area contributed by atoms with Gasteiger partial charge in [0.15, 0.2) is 16.6 Å². The summed E-state index contributed by atoms with van der Waals surface area (Å²) in [5, 5.41) is 12.6. The van der Waals surface area contributed by atoms with E-state index in [2.05, 4.69) is 10.1 Å². The molecule has 0 spiro atoms. The zero-order valence-electron chi connectivity index (χ0n) is 14.6. The molecule has 2 aromatic carbocycles. The van der Waals surface area contributed by atoms with E-state index in [1.165, 1.54) is 37.5 Å². The van der Waals surface area contributed by atoms with Crippen LogP contribution in [-0.4, -0.2) is 29.6 Å². The van der Waals surface area contributed by atoms with Gasteiger partial charge in [0, 0.05) is 0 Å². The molecule has 2 aromatic rings. The van der Waals surface area contributed by atoms with Crippen LogP contribution >= 0.6 is 23.8 Å². The number of phenolic OH excluding ortho intramolecular Hbond substituents is 1. The van der Waals surface area contributed by atoms with E-state index in [-0.39, 0.29) is 33.0 Å². The lowest BCUT2D eigenvalue weighted by atomic mass is 10.1. The van der Waals surface area contributed by atoms with Gasteiger partial charge in [-0.25, -0.2) is 0 Å². The van der Waals surface area contributed by atoms with Crippen molar-refractivity contribution in [2.75, 3.05) is 12.0 Å². The Morgan fingerprint density at radius 1 is 1.24 bits per heavy atom. The van der Waals surface area contributed by atoms with Crippen LogP contribution in [0.15, 0.2) is 42.1 Å². The van der Waals surface area contributed by atoms with Crippen LogP contribution in [0.1, 0.15) is 5.56 Å². The Labute approximate surface area is 173 Å². The van der Waals surface area contributed by atoms with Crippen LogP contribution in [0.25, 0.3) is 6.08 Å². The minimum absolute atomic E-state index is 0.0290. The lowest BCUT2D eigenvalue weighted by molar-refractivity contribution is -0.274. The number of phenols is 1. The maximum Gasteiger partial charge on any atom is 0.573 e. The molecule has 29 heavy (non-hydrogen) atoms. The van der Waals surface area contributed by atoms with Crippen molar-refractivity contribution in [2.24, 2.45) is 0 Å². The average Bonchev–Trinajstić information content (AvgIpc) is 2.91. The highest BCUT2D eigenvalue weighted by molar-refractivity contribution is 7.80. The molecule has 0 atom stereocenters. The molecule has 0 bridgehead atoms. The Kier molecular flexibility index (Phi) is 5.58. The lowest BCUT2D eigenvalue weighted by Crippen LogP contribution is -2.30. The highest BCUT2D eigenvalue weighted by atomic mass is 35.5. The van der Waals surface area contributed by atoms with Crippen molar-refractivity contribution in [3.63, 3.8) is 0 Å². The van der Waals surface area contributed by atoms with Crippen molar-refractivity contribution in [3.05, 3.63) is 52.7 Å². The number of rotatable bonds is 4. The minimum Gasteiger partial charge on any atom is -0.503 e. The smallest absolute Gasteiger partial charge is 0.503 e. The van der Waals surface area contributed by atoms with E-state index in [1.807, 2.05) is 0 Å². The van der Waals surface area contributed by atoms with Crippen LogP contribution < -0.4 is 19.7 Å². The molecule has 0 aliphatic carbocycles. The van der Waals surface area contributed by atoms with Gasteiger partial charge in [0.1, 0.15) is 11.4 Å². The van der Waals surface area contributed by atoms with Gasteiger partial charge in [0.05, 0.1) is 17.8 Å². The molecule has 1 saturated heterocycles. The highest BCUT2D eigenvalue weighted by Gasteiger charge is 2.33. The SMILES string of the molecule is COc1cc(/C=C2\NC(=S)N(c3ccc(OC(F)(F)F)cc3)C2=O)cc(Cl)c1O. The second kappa shape index (κ2) is 7.80. The quantitative estimate of drug-likeness (QED) is 0.543. The molecule has 1 aliphatic rings. The Bertz CT molecular complexity index is 1010. The number of nitrogens with one attached hydrogen (secondary N) is 1. The molecule has 6 nitrogen and oxygen atoms in total. The van der Waals surface area contributed by atoms with Crippen molar-refractivity contribution >= 4 is 46.6 Å².